The maximum Gasteiger partial charge on any atom is 0.274 e. The van der Waals surface area contributed by atoms with E-state index in [0.29, 0.717) is 40.7 Å². The van der Waals surface area contributed by atoms with Crippen LogP contribution in [0.1, 0.15) is 24.8 Å². The number of azo groups is 1. The van der Waals surface area contributed by atoms with Gasteiger partial charge in [0, 0.05) is 35.3 Å². The SMILES string of the molecule is Cl.O=C(Nc1ccc(F)cc1F)C1(N2CCCCC2)N=NC2=C1COc1cc(Cl)ccc12. The van der Waals surface area contributed by atoms with Crippen molar-refractivity contribution in [2.75, 3.05) is 25.0 Å². The predicted molar refractivity (Wildman–Crippen MR) is 119 cm³/mol. The molecule has 1 unspecified atom stereocenters. The second-order valence-corrected chi connectivity index (χ2v) is 8.19. The molecule has 0 spiro atoms. The number of nitrogens with one attached hydrogen (secondary N) is 1. The Morgan fingerprint density at radius 2 is 1.91 bits per heavy atom. The number of hydrogen-bond acceptors (Lipinski definition) is 5. The van der Waals surface area contributed by atoms with Gasteiger partial charge in [-0.3, -0.25) is 9.69 Å². The number of nitrogens with zero attached hydrogens (tertiary/aromatic N) is 3. The Hall–Kier alpha value is -2.55. The molecule has 168 valence electrons. The van der Waals surface area contributed by atoms with Gasteiger partial charge in [-0.2, -0.15) is 10.2 Å². The van der Waals surface area contributed by atoms with E-state index in [4.69, 9.17) is 16.3 Å². The monoisotopic (exact) mass is 480 g/mol. The molecule has 5 rings (SSSR count). The molecule has 6 nitrogen and oxygen atoms in total. The number of piperidine rings is 1. The molecule has 0 aliphatic carbocycles. The van der Waals surface area contributed by atoms with Crippen LogP contribution in [-0.4, -0.2) is 36.2 Å². The number of hydrogen-bond donors (Lipinski definition) is 1. The second kappa shape index (κ2) is 8.77. The highest BCUT2D eigenvalue weighted by atomic mass is 35.5. The highest BCUT2D eigenvalue weighted by Crippen LogP contribution is 2.47. The van der Waals surface area contributed by atoms with Gasteiger partial charge in [0.25, 0.3) is 5.91 Å². The van der Waals surface area contributed by atoms with Crippen LogP contribution in [0.25, 0.3) is 5.70 Å². The fourth-order valence-electron chi connectivity index (χ4n) is 4.35. The number of carbonyl (C=O) groups is 1. The zero-order chi connectivity index (χ0) is 21.6. The van der Waals surface area contributed by atoms with Gasteiger partial charge in [-0.15, -0.1) is 12.4 Å². The fourth-order valence-corrected chi connectivity index (χ4v) is 4.51. The van der Waals surface area contributed by atoms with Crippen LogP contribution in [-0.2, 0) is 4.79 Å². The standard InChI is InChI=1S/C22H19ClF2N4O2.ClH/c23-13-4-6-15-19(10-13)31-12-16-20(15)27-28-22(16,29-8-2-1-3-9-29)21(30)26-18-7-5-14(24)11-17(18)25;/h4-7,10-11H,1-3,8-9,12H2,(H,26,30);1H. The van der Waals surface area contributed by atoms with E-state index in [1.807, 2.05) is 4.90 Å². The van der Waals surface area contributed by atoms with E-state index in [1.54, 1.807) is 18.2 Å². The first-order valence-electron chi connectivity index (χ1n) is 10.1. The molecule has 2 aromatic rings. The summed E-state index contributed by atoms with van der Waals surface area (Å²) in [6, 6.07) is 8.23. The topological polar surface area (TPSA) is 66.3 Å². The number of anilines is 1. The number of amides is 1. The maximum atomic E-state index is 14.3. The molecule has 1 atom stereocenters. The number of rotatable bonds is 3. The first kappa shape index (κ1) is 22.6. The van der Waals surface area contributed by atoms with Gasteiger partial charge in [0.2, 0.25) is 5.66 Å². The van der Waals surface area contributed by atoms with Gasteiger partial charge in [-0.05, 0) is 43.2 Å². The lowest BCUT2D eigenvalue weighted by molar-refractivity contribution is -0.126. The third kappa shape index (κ3) is 3.66. The minimum atomic E-state index is -1.45. The van der Waals surface area contributed by atoms with Crippen molar-refractivity contribution in [1.29, 1.82) is 0 Å². The molecule has 0 saturated carbocycles. The number of carbonyl (C=O) groups excluding carboxylic acids is 1. The van der Waals surface area contributed by atoms with Crippen LogP contribution in [0, 0.1) is 11.6 Å². The van der Waals surface area contributed by atoms with Gasteiger partial charge < -0.3 is 10.1 Å². The Balaban J connectivity index is 0.00000245. The van der Waals surface area contributed by atoms with Gasteiger partial charge in [-0.1, -0.05) is 18.0 Å². The van der Waals surface area contributed by atoms with Crippen molar-refractivity contribution in [3.8, 4) is 5.75 Å². The minimum absolute atomic E-state index is 0. The van der Waals surface area contributed by atoms with Crippen LogP contribution in [0.2, 0.25) is 5.02 Å². The zero-order valence-electron chi connectivity index (χ0n) is 16.9. The molecular formula is C22H20Cl2F2N4O2. The molecule has 10 heteroatoms. The van der Waals surface area contributed by atoms with E-state index in [2.05, 4.69) is 15.5 Å². The summed E-state index contributed by atoms with van der Waals surface area (Å²) < 4.78 is 33.5. The van der Waals surface area contributed by atoms with Crippen LogP contribution in [0.5, 0.6) is 5.75 Å². The second-order valence-electron chi connectivity index (χ2n) is 7.75. The molecule has 2 aromatic carbocycles. The average Bonchev–Trinajstić information content (AvgIpc) is 3.17. The molecule has 3 aliphatic rings. The summed E-state index contributed by atoms with van der Waals surface area (Å²) in [5.41, 5.74) is 0.306. The molecule has 0 bridgehead atoms. The van der Waals surface area contributed by atoms with Crippen molar-refractivity contribution in [1.82, 2.24) is 4.90 Å². The van der Waals surface area contributed by atoms with Crippen LogP contribution in [0.15, 0.2) is 52.2 Å². The maximum absolute atomic E-state index is 14.3. The number of ether oxygens (including phenoxy) is 1. The molecule has 1 amide bonds. The molecule has 1 N–H and O–H groups in total. The molecule has 32 heavy (non-hydrogen) atoms. The first-order valence-corrected chi connectivity index (χ1v) is 10.5. The van der Waals surface area contributed by atoms with Crippen molar-refractivity contribution in [3.05, 3.63) is 64.2 Å². The lowest BCUT2D eigenvalue weighted by atomic mass is 9.90. The summed E-state index contributed by atoms with van der Waals surface area (Å²) in [7, 11) is 0. The van der Waals surface area contributed by atoms with E-state index in [-0.39, 0.29) is 24.7 Å². The number of fused-ring (bicyclic) bond motifs is 2. The summed E-state index contributed by atoms with van der Waals surface area (Å²) in [6.07, 6.45) is 2.87. The average molecular weight is 481 g/mol. The highest BCUT2D eigenvalue weighted by molar-refractivity contribution is 6.30. The summed E-state index contributed by atoms with van der Waals surface area (Å²) in [4.78, 5) is 15.6. The zero-order valence-corrected chi connectivity index (χ0v) is 18.5. The Kier molecular flexibility index (Phi) is 6.20. The molecule has 3 aliphatic heterocycles. The first-order chi connectivity index (χ1) is 15.0. The van der Waals surface area contributed by atoms with Gasteiger partial charge >= 0.3 is 0 Å². The van der Waals surface area contributed by atoms with Crippen LogP contribution >= 0.6 is 24.0 Å². The van der Waals surface area contributed by atoms with E-state index in [9.17, 15) is 13.6 Å². The quantitative estimate of drug-likeness (QED) is 0.636. The van der Waals surface area contributed by atoms with Crippen molar-refractivity contribution in [3.63, 3.8) is 0 Å². The van der Waals surface area contributed by atoms with Gasteiger partial charge in [0.15, 0.2) is 0 Å². The van der Waals surface area contributed by atoms with Crippen molar-refractivity contribution in [2.24, 2.45) is 10.2 Å². The lowest BCUT2D eigenvalue weighted by Crippen LogP contribution is -2.58. The van der Waals surface area contributed by atoms with E-state index >= 15 is 0 Å². The van der Waals surface area contributed by atoms with Crippen molar-refractivity contribution in [2.45, 2.75) is 24.9 Å². The summed E-state index contributed by atoms with van der Waals surface area (Å²) in [5.74, 6) is -1.55. The molecular weight excluding hydrogens is 461 g/mol. The Labute approximate surface area is 194 Å². The van der Waals surface area contributed by atoms with E-state index < -0.39 is 23.2 Å². The van der Waals surface area contributed by atoms with Crippen LogP contribution < -0.4 is 10.1 Å². The summed E-state index contributed by atoms with van der Waals surface area (Å²) >= 11 is 6.08. The summed E-state index contributed by atoms with van der Waals surface area (Å²) in [5, 5.41) is 12.0. The van der Waals surface area contributed by atoms with Gasteiger partial charge in [0.05, 0.1) is 5.69 Å². The molecule has 1 fully saturated rings. The Morgan fingerprint density at radius 1 is 1.12 bits per heavy atom. The predicted octanol–water partition coefficient (Wildman–Crippen LogP) is 5.43. The number of likely N-dealkylation sites (tertiary alicyclic amines) is 1. The molecule has 0 aromatic heterocycles. The third-order valence-electron chi connectivity index (χ3n) is 5.88. The third-order valence-corrected chi connectivity index (χ3v) is 6.12. The van der Waals surface area contributed by atoms with Crippen LogP contribution in [0.4, 0.5) is 14.5 Å². The lowest BCUT2D eigenvalue weighted by Gasteiger charge is -2.40. The Bertz CT molecular complexity index is 1130. The molecule has 3 heterocycles. The minimum Gasteiger partial charge on any atom is -0.488 e. The van der Waals surface area contributed by atoms with Crippen LogP contribution in [0.3, 0.4) is 0 Å². The fraction of sp³-hybridized carbons (Fsp3) is 0.318. The van der Waals surface area contributed by atoms with Gasteiger partial charge in [-0.25, -0.2) is 8.78 Å². The number of halogens is 4. The normalized spacial score (nSPS) is 22.0. The van der Waals surface area contributed by atoms with E-state index in [1.165, 1.54) is 6.07 Å². The van der Waals surface area contributed by atoms with E-state index in [0.717, 1.165) is 31.4 Å². The molecule has 0 radical (unpaired) electrons. The molecule has 1 saturated heterocycles. The summed E-state index contributed by atoms with van der Waals surface area (Å²) in [6.45, 7) is 1.39. The Morgan fingerprint density at radius 3 is 2.66 bits per heavy atom. The van der Waals surface area contributed by atoms with Crippen molar-refractivity contribution >= 4 is 41.3 Å². The smallest absolute Gasteiger partial charge is 0.274 e. The highest BCUT2D eigenvalue weighted by Gasteiger charge is 2.54. The largest absolute Gasteiger partial charge is 0.488 e. The number of benzene rings is 2. The van der Waals surface area contributed by atoms with Crippen molar-refractivity contribution < 1.29 is 18.3 Å². The van der Waals surface area contributed by atoms with Gasteiger partial charge in [0.1, 0.15) is 29.7 Å².